The standard InChI is InChI=1S/C17H17BrN2O2/c1-12-3-5-14(6-4-12)11-19-20-17(21)13(2)22-16-9-7-15(18)8-10-16/h3-11,13H,1-2H3,(H,20,21)/t13-/m0/s1. The second-order valence-corrected chi connectivity index (χ2v) is 5.77. The molecule has 22 heavy (non-hydrogen) atoms. The first-order valence-electron chi connectivity index (χ1n) is 6.86. The van der Waals surface area contributed by atoms with Gasteiger partial charge in [0.1, 0.15) is 5.75 Å². The number of benzene rings is 2. The molecular formula is C17H17BrN2O2. The van der Waals surface area contributed by atoms with E-state index in [2.05, 4.69) is 26.5 Å². The first-order chi connectivity index (χ1) is 10.5. The number of amides is 1. The summed E-state index contributed by atoms with van der Waals surface area (Å²) in [5.41, 5.74) is 4.58. The van der Waals surface area contributed by atoms with Crippen molar-refractivity contribution in [3.05, 3.63) is 64.1 Å². The minimum Gasteiger partial charge on any atom is -0.481 e. The van der Waals surface area contributed by atoms with Crippen LogP contribution in [0.1, 0.15) is 18.1 Å². The van der Waals surface area contributed by atoms with Crippen LogP contribution >= 0.6 is 15.9 Å². The molecule has 1 amide bonds. The fraction of sp³-hybridized carbons (Fsp3) is 0.176. The van der Waals surface area contributed by atoms with E-state index >= 15 is 0 Å². The van der Waals surface area contributed by atoms with Crippen LogP contribution in [-0.2, 0) is 4.79 Å². The molecule has 5 heteroatoms. The lowest BCUT2D eigenvalue weighted by atomic mass is 10.2. The SMILES string of the molecule is Cc1ccc(C=NNC(=O)[C@H](C)Oc2ccc(Br)cc2)cc1. The Kier molecular flexibility index (Phi) is 5.72. The molecule has 2 aromatic carbocycles. The third-order valence-electron chi connectivity index (χ3n) is 2.96. The molecule has 1 atom stereocenters. The number of hydrogen-bond acceptors (Lipinski definition) is 3. The number of rotatable bonds is 5. The van der Waals surface area contributed by atoms with Crippen molar-refractivity contribution in [2.24, 2.45) is 5.10 Å². The van der Waals surface area contributed by atoms with Crippen LogP contribution in [0.15, 0.2) is 58.1 Å². The maximum absolute atomic E-state index is 11.9. The van der Waals surface area contributed by atoms with Gasteiger partial charge in [0.2, 0.25) is 0 Å². The highest BCUT2D eigenvalue weighted by molar-refractivity contribution is 9.10. The summed E-state index contributed by atoms with van der Waals surface area (Å²) in [6.45, 7) is 3.70. The predicted molar refractivity (Wildman–Crippen MR) is 91.1 cm³/mol. The highest BCUT2D eigenvalue weighted by Crippen LogP contribution is 2.17. The van der Waals surface area contributed by atoms with Gasteiger partial charge in [0.25, 0.3) is 5.91 Å². The summed E-state index contributed by atoms with van der Waals surface area (Å²) in [5.74, 6) is 0.333. The molecule has 2 aromatic rings. The van der Waals surface area contributed by atoms with Gasteiger partial charge in [0, 0.05) is 4.47 Å². The number of hydrogen-bond donors (Lipinski definition) is 1. The number of carbonyl (C=O) groups is 1. The predicted octanol–water partition coefficient (Wildman–Crippen LogP) is 3.68. The summed E-state index contributed by atoms with van der Waals surface area (Å²) in [6.07, 6.45) is 0.972. The molecule has 0 aliphatic rings. The number of nitrogens with one attached hydrogen (secondary N) is 1. The van der Waals surface area contributed by atoms with Gasteiger partial charge in [-0.3, -0.25) is 4.79 Å². The molecule has 4 nitrogen and oxygen atoms in total. The van der Waals surface area contributed by atoms with Crippen LogP contribution in [-0.4, -0.2) is 18.2 Å². The molecule has 0 aliphatic heterocycles. The highest BCUT2D eigenvalue weighted by atomic mass is 79.9. The number of ether oxygens (including phenoxy) is 1. The normalized spacial score (nSPS) is 12.1. The third kappa shape index (κ3) is 5.00. The van der Waals surface area contributed by atoms with Crippen LogP contribution in [0.25, 0.3) is 0 Å². The van der Waals surface area contributed by atoms with Crippen LogP contribution in [0, 0.1) is 6.92 Å². The lowest BCUT2D eigenvalue weighted by Gasteiger charge is -2.12. The van der Waals surface area contributed by atoms with Crippen molar-refractivity contribution in [1.29, 1.82) is 0 Å². The minimum atomic E-state index is -0.628. The first-order valence-corrected chi connectivity index (χ1v) is 7.66. The Labute approximate surface area is 138 Å². The zero-order valence-electron chi connectivity index (χ0n) is 12.4. The molecule has 0 unspecified atom stereocenters. The Morgan fingerprint density at radius 2 is 1.82 bits per heavy atom. The molecule has 0 spiro atoms. The van der Waals surface area contributed by atoms with Gasteiger partial charge in [-0.25, -0.2) is 5.43 Å². The smallest absolute Gasteiger partial charge is 0.280 e. The Morgan fingerprint density at radius 1 is 1.18 bits per heavy atom. The van der Waals surface area contributed by atoms with Gasteiger partial charge in [-0.15, -0.1) is 0 Å². The van der Waals surface area contributed by atoms with Gasteiger partial charge in [-0.05, 0) is 43.7 Å². The number of nitrogens with zero attached hydrogens (tertiary/aromatic N) is 1. The summed E-state index contributed by atoms with van der Waals surface area (Å²) in [7, 11) is 0. The van der Waals surface area contributed by atoms with Crippen molar-refractivity contribution in [1.82, 2.24) is 5.43 Å². The van der Waals surface area contributed by atoms with Crippen molar-refractivity contribution in [3.8, 4) is 5.75 Å². The average Bonchev–Trinajstić information content (AvgIpc) is 2.51. The van der Waals surface area contributed by atoms with Crippen LogP contribution in [0.5, 0.6) is 5.75 Å². The minimum absolute atomic E-state index is 0.300. The van der Waals surface area contributed by atoms with E-state index in [-0.39, 0.29) is 5.91 Å². The van der Waals surface area contributed by atoms with Crippen LogP contribution in [0.4, 0.5) is 0 Å². The van der Waals surface area contributed by atoms with E-state index < -0.39 is 6.10 Å². The quantitative estimate of drug-likeness (QED) is 0.653. The third-order valence-corrected chi connectivity index (χ3v) is 3.49. The Morgan fingerprint density at radius 3 is 2.45 bits per heavy atom. The fourth-order valence-electron chi connectivity index (χ4n) is 1.68. The fourth-order valence-corrected chi connectivity index (χ4v) is 1.95. The summed E-state index contributed by atoms with van der Waals surface area (Å²) in [4.78, 5) is 11.9. The molecule has 114 valence electrons. The maximum Gasteiger partial charge on any atom is 0.280 e. The Bertz CT molecular complexity index is 651. The van der Waals surface area contributed by atoms with Crippen molar-refractivity contribution >= 4 is 28.1 Å². The summed E-state index contributed by atoms with van der Waals surface area (Å²) < 4.78 is 6.50. The molecule has 2 rings (SSSR count). The van der Waals surface area contributed by atoms with E-state index in [9.17, 15) is 4.79 Å². The Hall–Kier alpha value is -2.14. The van der Waals surface area contributed by atoms with Crippen molar-refractivity contribution in [2.75, 3.05) is 0 Å². The van der Waals surface area contributed by atoms with Gasteiger partial charge >= 0.3 is 0 Å². The van der Waals surface area contributed by atoms with Gasteiger partial charge in [-0.1, -0.05) is 45.8 Å². The zero-order chi connectivity index (χ0) is 15.9. The lowest BCUT2D eigenvalue weighted by Crippen LogP contribution is -2.33. The van der Waals surface area contributed by atoms with Gasteiger partial charge in [0.15, 0.2) is 6.10 Å². The summed E-state index contributed by atoms with van der Waals surface area (Å²) in [6, 6.07) is 15.2. The van der Waals surface area contributed by atoms with E-state index in [1.807, 2.05) is 43.3 Å². The molecule has 0 aliphatic carbocycles. The van der Waals surface area contributed by atoms with Crippen molar-refractivity contribution in [2.45, 2.75) is 20.0 Å². The van der Waals surface area contributed by atoms with E-state index in [1.54, 1.807) is 25.3 Å². The molecular weight excluding hydrogens is 344 g/mol. The van der Waals surface area contributed by atoms with E-state index in [1.165, 1.54) is 5.56 Å². The summed E-state index contributed by atoms with van der Waals surface area (Å²) in [5, 5.41) is 3.94. The van der Waals surface area contributed by atoms with Crippen LogP contribution < -0.4 is 10.2 Å². The highest BCUT2D eigenvalue weighted by Gasteiger charge is 2.13. The van der Waals surface area contributed by atoms with Gasteiger partial charge < -0.3 is 4.74 Å². The average molecular weight is 361 g/mol. The topological polar surface area (TPSA) is 50.7 Å². The lowest BCUT2D eigenvalue weighted by molar-refractivity contribution is -0.127. The van der Waals surface area contributed by atoms with E-state index in [0.29, 0.717) is 5.75 Å². The largest absolute Gasteiger partial charge is 0.481 e. The maximum atomic E-state index is 11.9. The molecule has 1 N–H and O–H groups in total. The molecule has 0 aromatic heterocycles. The van der Waals surface area contributed by atoms with E-state index in [0.717, 1.165) is 10.0 Å². The Balaban J connectivity index is 1.85. The first kappa shape index (κ1) is 16.2. The van der Waals surface area contributed by atoms with E-state index in [4.69, 9.17) is 4.74 Å². The van der Waals surface area contributed by atoms with Crippen LogP contribution in [0.3, 0.4) is 0 Å². The summed E-state index contributed by atoms with van der Waals surface area (Å²) >= 11 is 3.35. The molecule has 0 saturated carbocycles. The molecule has 0 saturated heterocycles. The molecule has 0 radical (unpaired) electrons. The monoisotopic (exact) mass is 360 g/mol. The number of hydrazone groups is 1. The second kappa shape index (κ2) is 7.75. The molecule has 0 bridgehead atoms. The van der Waals surface area contributed by atoms with Crippen LogP contribution in [0.2, 0.25) is 0 Å². The van der Waals surface area contributed by atoms with Gasteiger partial charge in [-0.2, -0.15) is 5.10 Å². The van der Waals surface area contributed by atoms with Crippen molar-refractivity contribution < 1.29 is 9.53 Å². The number of carbonyl (C=O) groups excluding carboxylic acids is 1. The van der Waals surface area contributed by atoms with Crippen molar-refractivity contribution in [3.63, 3.8) is 0 Å². The molecule has 0 heterocycles. The second-order valence-electron chi connectivity index (χ2n) is 4.86. The number of aryl methyl sites for hydroxylation is 1. The molecule has 0 fully saturated rings. The number of halogens is 1. The van der Waals surface area contributed by atoms with Gasteiger partial charge in [0.05, 0.1) is 6.21 Å². The zero-order valence-corrected chi connectivity index (χ0v) is 14.0.